The minimum Gasteiger partial charge on any atom is -0.378 e. The lowest BCUT2D eigenvalue weighted by Crippen LogP contribution is -2.40. The minimum absolute atomic E-state index is 0.0281. The molecule has 2 unspecified atom stereocenters. The molecule has 1 N–H and O–H groups in total. The first kappa shape index (κ1) is 21.0. The fourth-order valence-electron chi connectivity index (χ4n) is 5.22. The average Bonchev–Trinajstić information content (AvgIpc) is 3.44. The third kappa shape index (κ3) is 3.88. The van der Waals surface area contributed by atoms with Crippen LogP contribution in [0.15, 0.2) is 67.0 Å². The quantitative estimate of drug-likeness (QED) is 0.543. The molecule has 0 spiro atoms. The molecule has 6 heteroatoms. The predicted octanol–water partition coefficient (Wildman–Crippen LogP) is 5.24. The van der Waals surface area contributed by atoms with Gasteiger partial charge in [-0.15, -0.1) is 0 Å². The van der Waals surface area contributed by atoms with E-state index < -0.39 is 0 Å². The van der Waals surface area contributed by atoms with Crippen molar-refractivity contribution in [1.82, 2.24) is 19.8 Å². The van der Waals surface area contributed by atoms with Crippen LogP contribution in [-0.2, 0) is 0 Å². The Morgan fingerprint density at radius 2 is 1.75 bits per heavy atom. The first-order valence-electron chi connectivity index (χ1n) is 11.6. The van der Waals surface area contributed by atoms with Gasteiger partial charge in [0.2, 0.25) is 0 Å². The van der Waals surface area contributed by atoms with Crippen LogP contribution in [-0.4, -0.2) is 39.7 Å². The average molecular weight is 446 g/mol. The van der Waals surface area contributed by atoms with Crippen molar-refractivity contribution in [3.63, 3.8) is 0 Å². The normalized spacial score (nSPS) is 21.6. The largest absolute Gasteiger partial charge is 0.378 e. The van der Waals surface area contributed by atoms with E-state index in [0.717, 1.165) is 16.5 Å². The summed E-state index contributed by atoms with van der Waals surface area (Å²) in [6.45, 7) is 0. The summed E-state index contributed by atoms with van der Waals surface area (Å²) in [7, 11) is 4.14. The van der Waals surface area contributed by atoms with Gasteiger partial charge in [-0.3, -0.25) is 4.98 Å². The Balaban J connectivity index is 1.57. The molecule has 5 nitrogen and oxygen atoms in total. The standard InChI is InChI=1S/C26H31N5S/c1-29(2)19-13-15-20(16-14-19)30-18-8-12-23(30)25-24(22-11-6-7-17-27-22)28-26(32)31(25)21-9-4-3-5-10-21/h6-8,11-18,21,24-25H,3-5,9-10H2,1-2H3,(H,28,32). The Bertz CT molecular complexity index is 1050. The van der Waals surface area contributed by atoms with Crippen LogP contribution in [0.1, 0.15) is 55.6 Å². The van der Waals surface area contributed by atoms with E-state index in [1.807, 2.05) is 12.3 Å². The molecule has 0 bridgehead atoms. The van der Waals surface area contributed by atoms with Gasteiger partial charge >= 0.3 is 0 Å². The van der Waals surface area contributed by atoms with Gasteiger partial charge in [-0.25, -0.2) is 0 Å². The van der Waals surface area contributed by atoms with Crippen LogP contribution >= 0.6 is 12.2 Å². The molecule has 3 heterocycles. The number of benzene rings is 1. The van der Waals surface area contributed by atoms with Gasteiger partial charge in [0.1, 0.15) is 0 Å². The Morgan fingerprint density at radius 1 is 0.969 bits per heavy atom. The van der Waals surface area contributed by atoms with Gasteiger partial charge in [-0.05, 0) is 73.6 Å². The molecule has 1 saturated carbocycles. The van der Waals surface area contributed by atoms with Gasteiger partial charge in [0.05, 0.1) is 17.8 Å². The van der Waals surface area contributed by atoms with E-state index in [-0.39, 0.29) is 12.1 Å². The highest BCUT2D eigenvalue weighted by Gasteiger charge is 2.44. The number of rotatable bonds is 5. The molecule has 2 atom stereocenters. The smallest absolute Gasteiger partial charge is 0.170 e. The zero-order valence-corrected chi connectivity index (χ0v) is 19.6. The summed E-state index contributed by atoms with van der Waals surface area (Å²) in [5.74, 6) is 0. The van der Waals surface area contributed by atoms with Gasteiger partial charge in [-0.2, -0.15) is 0 Å². The van der Waals surface area contributed by atoms with Crippen LogP contribution < -0.4 is 10.2 Å². The predicted molar refractivity (Wildman–Crippen MR) is 134 cm³/mol. The molecule has 3 aromatic rings. The van der Waals surface area contributed by atoms with Gasteiger partial charge in [0.15, 0.2) is 5.11 Å². The van der Waals surface area contributed by atoms with Gasteiger partial charge in [0, 0.05) is 49.6 Å². The fourth-order valence-corrected chi connectivity index (χ4v) is 5.61. The van der Waals surface area contributed by atoms with E-state index in [0.29, 0.717) is 6.04 Å². The lowest BCUT2D eigenvalue weighted by Gasteiger charge is -2.37. The zero-order valence-electron chi connectivity index (χ0n) is 18.8. The molecule has 2 fully saturated rings. The van der Waals surface area contributed by atoms with Crippen molar-refractivity contribution in [3.8, 4) is 5.69 Å². The third-order valence-electron chi connectivity index (χ3n) is 6.83. The van der Waals surface area contributed by atoms with Crippen LogP contribution in [0.4, 0.5) is 5.69 Å². The van der Waals surface area contributed by atoms with Crippen LogP contribution in [0.25, 0.3) is 5.69 Å². The van der Waals surface area contributed by atoms with Crippen molar-refractivity contribution in [2.24, 2.45) is 0 Å². The second-order valence-corrected chi connectivity index (χ2v) is 9.43. The van der Waals surface area contributed by atoms with Crippen molar-refractivity contribution in [3.05, 3.63) is 78.4 Å². The topological polar surface area (TPSA) is 36.3 Å². The number of nitrogens with one attached hydrogen (secondary N) is 1. The summed E-state index contributed by atoms with van der Waals surface area (Å²) in [5.41, 5.74) is 4.64. The molecule has 2 aromatic heterocycles. The molecule has 32 heavy (non-hydrogen) atoms. The van der Waals surface area contributed by atoms with Gasteiger partial charge in [0.25, 0.3) is 0 Å². The number of pyridine rings is 1. The van der Waals surface area contributed by atoms with Crippen molar-refractivity contribution in [2.45, 2.75) is 50.2 Å². The van der Waals surface area contributed by atoms with Crippen molar-refractivity contribution >= 4 is 23.0 Å². The maximum absolute atomic E-state index is 5.93. The third-order valence-corrected chi connectivity index (χ3v) is 7.16. The fraction of sp³-hybridized carbons (Fsp3) is 0.385. The summed E-state index contributed by atoms with van der Waals surface area (Å²) in [5, 5.41) is 4.49. The number of hydrogen-bond donors (Lipinski definition) is 1. The minimum atomic E-state index is 0.0281. The number of nitrogens with zero attached hydrogens (tertiary/aromatic N) is 4. The maximum Gasteiger partial charge on any atom is 0.170 e. The molecular weight excluding hydrogens is 414 g/mol. The second kappa shape index (κ2) is 8.94. The molecule has 1 aromatic carbocycles. The lowest BCUT2D eigenvalue weighted by molar-refractivity contribution is 0.193. The van der Waals surface area contributed by atoms with Crippen LogP contribution in [0.2, 0.25) is 0 Å². The Hall–Kier alpha value is -2.86. The molecule has 0 amide bonds. The van der Waals surface area contributed by atoms with E-state index in [2.05, 4.69) is 88.5 Å². The molecule has 1 saturated heterocycles. The first-order chi connectivity index (χ1) is 15.6. The summed E-state index contributed by atoms with van der Waals surface area (Å²) in [6, 6.07) is 19.9. The lowest BCUT2D eigenvalue weighted by atomic mass is 9.92. The summed E-state index contributed by atoms with van der Waals surface area (Å²) in [4.78, 5) is 9.31. The number of hydrogen-bond acceptors (Lipinski definition) is 3. The highest BCUT2D eigenvalue weighted by molar-refractivity contribution is 7.80. The molecule has 2 aliphatic rings. The van der Waals surface area contributed by atoms with Crippen LogP contribution in [0.5, 0.6) is 0 Å². The van der Waals surface area contributed by atoms with E-state index in [4.69, 9.17) is 17.2 Å². The van der Waals surface area contributed by atoms with Crippen molar-refractivity contribution in [1.29, 1.82) is 0 Å². The summed E-state index contributed by atoms with van der Waals surface area (Å²) in [6.07, 6.45) is 10.3. The van der Waals surface area contributed by atoms with Gasteiger partial charge < -0.3 is 19.7 Å². The Labute approximate surface area is 196 Å². The second-order valence-electron chi connectivity index (χ2n) is 9.04. The molecular formula is C26H31N5S. The Kier molecular flexibility index (Phi) is 5.87. The van der Waals surface area contributed by atoms with E-state index >= 15 is 0 Å². The SMILES string of the molecule is CN(C)c1ccc(-n2cccc2C2C(c3ccccn3)NC(=S)N2C2CCCCC2)cc1. The van der Waals surface area contributed by atoms with E-state index in [9.17, 15) is 0 Å². The molecule has 0 radical (unpaired) electrons. The monoisotopic (exact) mass is 445 g/mol. The highest BCUT2D eigenvalue weighted by atomic mass is 32.1. The summed E-state index contributed by atoms with van der Waals surface area (Å²) < 4.78 is 2.31. The molecule has 166 valence electrons. The first-order valence-corrected chi connectivity index (χ1v) is 12.0. The van der Waals surface area contributed by atoms with E-state index in [1.54, 1.807) is 0 Å². The molecule has 1 aliphatic carbocycles. The van der Waals surface area contributed by atoms with Crippen molar-refractivity contribution < 1.29 is 0 Å². The molecule has 5 rings (SSSR count). The number of aromatic nitrogens is 2. The Morgan fingerprint density at radius 3 is 2.44 bits per heavy atom. The summed E-state index contributed by atoms with van der Waals surface area (Å²) >= 11 is 5.93. The zero-order chi connectivity index (χ0) is 22.1. The van der Waals surface area contributed by atoms with Crippen LogP contribution in [0, 0.1) is 0 Å². The molecule has 1 aliphatic heterocycles. The van der Waals surface area contributed by atoms with Gasteiger partial charge in [-0.1, -0.05) is 25.3 Å². The maximum atomic E-state index is 5.93. The van der Waals surface area contributed by atoms with Crippen molar-refractivity contribution in [2.75, 3.05) is 19.0 Å². The highest BCUT2D eigenvalue weighted by Crippen LogP contribution is 2.43. The number of thiocarbonyl (C=S) groups is 1. The van der Waals surface area contributed by atoms with E-state index in [1.165, 1.54) is 43.5 Å². The van der Waals surface area contributed by atoms with Crippen LogP contribution in [0.3, 0.4) is 0 Å². The number of anilines is 1.